The van der Waals surface area contributed by atoms with Crippen LogP contribution in [0, 0.1) is 5.92 Å². The molecule has 2 rings (SSSR count). The smallest absolute Gasteiger partial charge is 0.227 e. The van der Waals surface area contributed by atoms with Gasteiger partial charge in [-0.05, 0) is 19.3 Å². The largest absolute Gasteiger partial charge is 0.341 e. The maximum atomic E-state index is 12.8. The van der Waals surface area contributed by atoms with Gasteiger partial charge in [-0.2, -0.15) is 0 Å². The van der Waals surface area contributed by atoms with Crippen molar-refractivity contribution in [2.24, 2.45) is 11.7 Å². The summed E-state index contributed by atoms with van der Waals surface area (Å²) in [6.07, 6.45) is 6.75. The van der Waals surface area contributed by atoms with Crippen LogP contribution in [0.15, 0.2) is 0 Å². The lowest BCUT2D eigenvalue weighted by atomic mass is 9.94. The second-order valence-electron chi connectivity index (χ2n) is 6.32. The number of nitrogens with two attached hydrogens (primary N) is 1. The van der Waals surface area contributed by atoms with E-state index in [2.05, 4.69) is 0 Å². The molecule has 1 aliphatic heterocycles. The predicted molar refractivity (Wildman–Crippen MR) is 82.6 cm³/mol. The zero-order chi connectivity index (χ0) is 15.2. The Labute approximate surface area is 127 Å². The van der Waals surface area contributed by atoms with Crippen molar-refractivity contribution >= 4 is 11.8 Å². The maximum absolute atomic E-state index is 12.8. The molecule has 1 aliphatic carbocycles. The lowest BCUT2D eigenvalue weighted by Gasteiger charge is -2.28. The predicted octanol–water partition coefficient (Wildman–Crippen LogP) is 1.36. The van der Waals surface area contributed by atoms with Gasteiger partial charge in [0.2, 0.25) is 11.8 Å². The second kappa shape index (κ2) is 7.78. The van der Waals surface area contributed by atoms with E-state index in [0.29, 0.717) is 19.5 Å². The molecule has 5 nitrogen and oxygen atoms in total. The Kier molecular flexibility index (Phi) is 6.03. The van der Waals surface area contributed by atoms with Crippen molar-refractivity contribution in [2.75, 3.05) is 26.2 Å². The topological polar surface area (TPSA) is 66.6 Å². The average molecular weight is 295 g/mol. The molecular weight excluding hydrogens is 266 g/mol. The van der Waals surface area contributed by atoms with Crippen molar-refractivity contribution < 1.29 is 9.59 Å². The van der Waals surface area contributed by atoms with E-state index in [1.807, 2.05) is 16.7 Å². The molecule has 0 aromatic carbocycles. The number of nitrogens with zero attached hydrogens (tertiary/aromatic N) is 2. The van der Waals surface area contributed by atoms with Gasteiger partial charge in [-0.15, -0.1) is 0 Å². The highest BCUT2D eigenvalue weighted by molar-refractivity contribution is 5.80. The molecule has 120 valence electrons. The van der Waals surface area contributed by atoms with Crippen LogP contribution in [0.3, 0.4) is 0 Å². The molecule has 5 heteroatoms. The highest BCUT2D eigenvalue weighted by Gasteiger charge is 2.31. The molecule has 0 aromatic rings. The minimum atomic E-state index is -0.0130. The van der Waals surface area contributed by atoms with Crippen LogP contribution >= 0.6 is 0 Å². The number of hydrogen-bond donors (Lipinski definition) is 1. The first-order valence-electron chi connectivity index (χ1n) is 8.45. The van der Waals surface area contributed by atoms with E-state index in [1.165, 1.54) is 6.42 Å². The molecule has 2 amide bonds. The fourth-order valence-electron chi connectivity index (χ4n) is 3.49. The van der Waals surface area contributed by atoms with Crippen LogP contribution in [-0.4, -0.2) is 53.8 Å². The fraction of sp³-hybridized carbons (Fsp3) is 0.875. The molecule has 2 unspecified atom stereocenters. The Bertz CT molecular complexity index is 373. The molecule has 0 aromatic heterocycles. The van der Waals surface area contributed by atoms with Gasteiger partial charge < -0.3 is 15.5 Å². The van der Waals surface area contributed by atoms with Crippen LogP contribution in [0.25, 0.3) is 0 Å². The van der Waals surface area contributed by atoms with E-state index < -0.39 is 0 Å². The lowest BCUT2D eigenvalue weighted by molar-refractivity contribution is -0.137. The van der Waals surface area contributed by atoms with E-state index in [4.69, 9.17) is 5.73 Å². The third-order valence-corrected chi connectivity index (χ3v) is 4.85. The number of rotatable bonds is 2. The summed E-state index contributed by atoms with van der Waals surface area (Å²) in [5.41, 5.74) is 6.21. The lowest BCUT2D eigenvalue weighted by Crippen LogP contribution is -2.45. The van der Waals surface area contributed by atoms with E-state index in [0.717, 1.165) is 45.2 Å². The molecule has 2 atom stereocenters. The van der Waals surface area contributed by atoms with Gasteiger partial charge in [0.15, 0.2) is 0 Å². The number of carbonyl (C=O) groups is 2. The zero-order valence-corrected chi connectivity index (χ0v) is 13.2. The van der Waals surface area contributed by atoms with Gasteiger partial charge in [0.05, 0.1) is 5.92 Å². The van der Waals surface area contributed by atoms with Gasteiger partial charge in [0.1, 0.15) is 0 Å². The Balaban J connectivity index is 1.94. The first-order chi connectivity index (χ1) is 10.1. The van der Waals surface area contributed by atoms with Crippen LogP contribution in [0.4, 0.5) is 0 Å². The minimum Gasteiger partial charge on any atom is -0.341 e. The van der Waals surface area contributed by atoms with Crippen molar-refractivity contribution in [1.82, 2.24) is 9.80 Å². The molecule has 0 radical (unpaired) electrons. The Morgan fingerprint density at radius 2 is 1.62 bits per heavy atom. The quantitative estimate of drug-likeness (QED) is 0.782. The Hall–Kier alpha value is -1.10. The van der Waals surface area contributed by atoms with Crippen molar-refractivity contribution in [3.8, 4) is 0 Å². The Morgan fingerprint density at radius 3 is 2.38 bits per heavy atom. The first-order valence-corrected chi connectivity index (χ1v) is 8.45. The summed E-state index contributed by atoms with van der Waals surface area (Å²) < 4.78 is 0. The number of hydrogen-bond acceptors (Lipinski definition) is 3. The fourth-order valence-corrected chi connectivity index (χ4v) is 3.49. The van der Waals surface area contributed by atoms with E-state index in [-0.39, 0.29) is 23.8 Å². The molecular formula is C16H29N3O2. The molecule has 2 N–H and O–H groups in total. The van der Waals surface area contributed by atoms with Crippen molar-refractivity contribution in [1.29, 1.82) is 0 Å². The van der Waals surface area contributed by atoms with Gasteiger partial charge in [-0.3, -0.25) is 9.59 Å². The first kappa shape index (κ1) is 16.3. The summed E-state index contributed by atoms with van der Waals surface area (Å²) in [4.78, 5) is 28.4. The molecule has 1 saturated carbocycles. The van der Waals surface area contributed by atoms with Crippen molar-refractivity contribution in [3.63, 3.8) is 0 Å². The zero-order valence-electron chi connectivity index (χ0n) is 13.2. The molecule has 1 saturated heterocycles. The summed E-state index contributed by atoms with van der Waals surface area (Å²) in [6, 6.07) is 0.0108. The number of amides is 2. The van der Waals surface area contributed by atoms with E-state index >= 15 is 0 Å². The van der Waals surface area contributed by atoms with Gasteiger partial charge in [0.25, 0.3) is 0 Å². The van der Waals surface area contributed by atoms with E-state index in [1.54, 1.807) is 0 Å². The molecule has 0 spiro atoms. The van der Waals surface area contributed by atoms with Crippen LogP contribution in [0.5, 0.6) is 0 Å². The van der Waals surface area contributed by atoms with Crippen LogP contribution < -0.4 is 5.73 Å². The number of carbonyl (C=O) groups excluding carboxylic acids is 2. The standard InChI is InChI=1S/C16H29N3O2/c1-2-15(20)18-9-6-10-19(12-11-18)16(21)13-7-4-3-5-8-14(13)17/h13-14H,2-12,17H2,1H3. The Morgan fingerprint density at radius 1 is 0.952 bits per heavy atom. The van der Waals surface area contributed by atoms with Crippen molar-refractivity contribution in [2.45, 2.75) is 57.9 Å². The third kappa shape index (κ3) is 4.19. The molecule has 21 heavy (non-hydrogen) atoms. The summed E-state index contributed by atoms with van der Waals surface area (Å²) in [6.45, 7) is 4.75. The second-order valence-corrected chi connectivity index (χ2v) is 6.32. The highest BCUT2D eigenvalue weighted by Crippen LogP contribution is 2.24. The van der Waals surface area contributed by atoms with Crippen LogP contribution in [0.2, 0.25) is 0 Å². The summed E-state index contributed by atoms with van der Waals surface area (Å²) in [5.74, 6) is 0.395. The van der Waals surface area contributed by atoms with Gasteiger partial charge in [-0.25, -0.2) is 0 Å². The average Bonchev–Trinajstić information content (AvgIpc) is 2.86. The van der Waals surface area contributed by atoms with Gasteiger partial charge >= 0.3 is 0 Å². The monoisotopic (exact) mass is 295 g/mol. The van der Waals surface area contributed by atoms with Crippen LogP contribution in [-0.2, 0) is 9.59 Å². The highest BCUT2D eigenvalue weighted by atomic mass is 16.2. The summed E-state index contributed by atoms with van der Waals surface area (Å²) in [7, 11) is 0. The van der Waals surface area contributed by atoms with E-state index in [9.17, 15) is 9.59 Å². The van der Waals surface area contributed by atoms with Gasteiger partial charge in [0, 0.05) is 38.6 Å². The van der Waals surface area contributed by atoms with Crippen LogP contribution in [0.1, 0.15) is 51.9 Å². The maximum Gasteiger partial charge on any atom is 0.227 e. The van der Waals surface area contributed by atoms with Gasteiger partial charge in [-0.1, -0.05) is 26.2 Å². The minimum absolute atomic E-state index is 0.0108. The summed E-state index contributed by atoms with van der Waals surface area (Å²) >= 11 is 0. The third-order valence-electron chi connectivity index (χ3n) is 4.85. The van der Waals surface area contributed by atoms with Crippen molar-refractivity contribution in [3.05, 3.63) is 0 Å². The molecule has 0 bridgehead atoms. The molecule has 2 aliphatic rings. The SMILES string of the molecule is CCC(=O)N1CCCN(C(=O)C2CCCCCC2N)CC1. The normalized spacial score (nSPS) is 27.9. The molecule has 1 heterocycles. The molecule has 2 fully saturated rings. The summed E-state index contributed by atoms with van der Waals surface area (Å²) in [5, 5.41) is 0.